The lowest BCUT2D eigenvalue weighted by molar-refractivity contribution is -0.123. The van der Waals surface area contributed by atoms with Crippen LogP contribution in [0.25, 0.3) is 0 Å². The molecule has 0 spiro atoms. The van der Waals surface area contributed by atoms with Gasteiger partial charge in [-0.1, -0.05) is 17.7 Å². The Morgan fingerprint density at radius 1 is 1.28 bits per heavy atom. The van der Waals surface area contributed by atoms with Crippen molar-refractivity contribution in [2.45, 2.75) is 31.9 Å². The van der Waals surface area contributed by atoms with E-state index in [9.17, 15) is 14.4 Å². The highest BCUT2D eigenvalue weighted by Gasteiger charge is 2.36. The van der Waals surface area contributed by atoms with Crippen molar-refractivity contribution in [2.24, 2.45) is 0 Å². The Kier molecular flexibility index (Phi) is 5.15. The van der Waals surface area contributed by atoms with Gasteiger partial charge in [0.2, 0.25) is 5.91 Å². The molecular formula is C21H20ClN3O4. The molecule has 0 aromatic heterocycles. The van der Waals surface area contributed by atoms with Gasteiger partial charge in [-0.2, -0.15) is 0 Å². The van der Waals surface area contributed by atoms with Gasteiger partial charge >= 0.3 is 5.97 Å². The van der Waals surface area contributed by atoms with Crippen LogP contribution in [0.1, 0.15) is 30.1 Å². The number of esters is 1. The lowest BCUT2D eigenvalue weighted by Gasteiger charge is -2.33. The van der Waals surface area contributed by atoms with Crippen LogP contribution in [0.4, 0.5) is 17.1 Å². The molecule has 1 fully saturated rings. The minimum atomic E-state index is -1.00. The molecule has 2 aliphatic heterocycles. The van der Waals surface area contributed by atoms with E-state index in [0.717, 1.165) is 25.1 Å². The second-order valence-electron chi connectivity index (χ2n) is 7.12. The number of carbonyl (C=O) groups excluding carboxylic acids is 3. The fourth-order valence-corrected chi connectivity index (χ4v) is 3.84. The molecule has 0 unspecified atom stereocenters. The molecule has 2 aromatic carbocycles. The highest BCUT2D eigenvalue weighted by Crippen LogP contribution is 2.37. The van der Waals surface area contributed by atoms with Crippen molar-refractivity contribution in [3.63, 3.8) is 0 Å². The standard InChI is InChI=1S/C21H20ClN3O4/c1-12(19(26)23-15-5-2-4-14(22)11-15)29-21(28)13-7-8-17-16(10-13)24-20(27)18-6-3-9-25(17)18/h2,4-5,7-8,10-12,18H,3,6,9H2,1H3,(H,23,26)(H,24,27)/t12-,18-/m0/s1. The summed E-state index contributed by atoms with van der Waals surface area (Å²) in [6.07, 6.45) is 0.782. The Hall–Kier alpha value is -3.06. The molecule has 0 aliphatic carbocycles. The maximum atomic E-state index is 12.5. The van der Waals surface area contributed by atoms with E-state index in [1.54, 1.807) is 42.5 Å². The smallest absolute Gasteiger partial charge is 0.338 e. The predicted octanol–water partition coefficient (Wildman–Crippen LogP) is 3.44. The Balaban J connectivity index is 1.44. The van der Waals surface area contributed by atoms with Crippen LogP contribution in [-0.2, 0) is 14.3 Å². The van der Waals surface area contributed by atoms with Crippen LogP contribution < -0.4 is 15.5 Å². The number of nitrogens with one attached hydrogen (secondary N) is 2. The molecule has 2 amide bonds. The lowest BCUT2D eigenvalue weighted by Crippen LogP contribution is -2.43. The summed E-state index contributed by atoms with van der Waals surface area (Å²) >= 11 is 5.90. The average molecular weight is 414 g/mol. The van der Waals surface area contributed by atoms with E-state index in [1.807, 2.05) is 0 Å². The van der Waals surface area contributed by atoms with Crippen molar-refractivity contribution < 1.29 is 19.1 Å². The number of nitrogens with zero attached hydrogens (tertiary/aromatic N) is 1. The molecule has 1 saturated heterocycles. The van der Waals surface area contributed by atoms with Gasteiger partial charge in [-0.25, -0.2) is 4.79 Å². The van der Waals surface area contributed by atoms with E-state index < -0.39 is 18.0 Å². The number of halogens is 1. The molecule has 4 rings (SSSR count). The van der Waals surface area contributed by atoms with Crippen LogP contribution >= 0.6 is 11.6 Å². The molecule has 0 radical (unpaired) electrons. The van der Waals surface area contributed by atoms with Crippen LogP contribution in [0.15, 0.2) is 42.5 Å². The van der Waals surface area contributed by atoms with Crippen molar-refractivity contribution >= 4 is 46.4 Å². The van der Waals surface area contributed by atoms with Crippen LogP contribution in [-0.4, -0.2) is 36.5 Å². The summed E-state index contributed by atoms with van der Waals surface area (Å²) in [5.41, 5.74) is 2.26. The summed E-state index contributed by atoms with van der Waals surface area (Å²) in [5.74, 6) is -1.17. The van der Waals surface area contributed by atoms with E-state index in [2.05, 4.69) is 15.5 Å². The van der Waals surface area contributed by atoms with Crippen molar-refractivity contribution in [3.8, 4) is 0 Å². The van der Waals surface area contributed by atoms with Crippen LogP contribution in [0, 0.1) is 0 Å². The predicted molar refractivity (Wildman–Crippen MR) is 110 cm³/mol. The lowest BCUT2D eigenvalue weighted by atomic mass is 10.1. The summed E-state index contributed by atoms with van der Waals surface area (Å²) in [7, 11) is 0. The largest absolute Gasteiger partial charge is 0.449 e. The van der Waals surface area contributed by atoms with Crippen molar-refractivity contribution in [2.75, 3.05) is 22.1 Å². The molecule has 2 heterocycles. The van der Waals surface area contributed by atoms with Gasteiger partial charge < -0.3 is 20.3 Å². The SMILES string of the molecule is C[C@H](OC(=O)c1ccc2c(c1)NC(=O)[C@@H]1CCCN21)C(=O)Nc1cccc(Cl)c1. The first kappa shape index (κ1) is 19.3. The Morgan fingerprint density at radius 3 is 2.90 bits per heavy atom. The normalized spacial score (nSPS) is 18.3. The molecule has 2 atom stereocenters. The first-order chi connectivity index (χ1) is 13.9. The van der Waals surface area contributed by atoms with Gasteiger partial charge in [0.1, 0.15) is 6.04 Å². The summed E-state index contributed by atoms with van der Waals surface area (Å²) < 4.78 is 5.29. The first-order valence-electron chi connectivity index (χ1n) is 9.41. The monoisotopic (exact) mass is 413 g/mol. The number of anilines is 3. The van der Waals surface area contributed by atoms with Crippen molar-refractivity contribution in [1.82, 2.24) is 0 Å². The number of rotatable bonds is 4. The zero-order chi connectivity index (χ0) is 20.5. The highest BCUT2D eigenvalue weighted by atomic mass is 35.5. The molecular weight excluding hydrogens is 394 g/mol. The van der Waals surface area contributed by atoms with E-state index in [0.29, 0.717) is 16.4 Å². The Morgan fingerprint density at radius 2 is 2.10 bits per heavy atom. The zero-order valence-corrected chi connectivity index (χ0v) is 16.5. The van der Waals surface area contributed by atoms with Crippen LogP contribution in [0.3, 0.4) is 0 Å². The summed E-state index contributed by atoms with van der Waals surface area (Å²) in [4.78, 5) is 39.1. The van der Waals surface area contributed by atoms with E-state index in [4.69, 9.17) is 16.3 Å². The number of hydrogen-bond acceptors (Lipinski definition) is 5. The molecule has 0 bridgehead atoms. The average Bonchev–Trinajstić information content (AvgIpc) is 3.18. The molecule has 150 valence electrons. The van der Waals surface area contributed by atoms with Crippen molar-refractivity contribution in [3.05, 3.63) is 53.1 Å². The number of fused-ring (bicyclic) bond motifs is 3. The zero-order valence-electron chi connectivity index (χ0n) is 15.8. The molecule has 0 saturated carbocycles. The maximum Gasteiger partial charge on any atom is 0.338 e. The third-order valence-electron chi connectivity index (χ3n) is 5.10. The molecule has 7 nitrogen and oxygen atoms in total. The topological polar surface area (TPSA) is 87.7 Å². The van der Waals surface area contributed by atoms with Gasteiger partial charge in [0, 0.05) is 17.3 Å². The third kappa shape index (κ3) is 3.91. The summed E-state index contributed by atoms with van der Waals surface area (Å²) in [6, 6.07) is 11.6. The van der Waals surface area contributed by atoms with E-state index >= 15 is 0 Å². The fraction of sp³-hybridized carbons (Fsp3) is 0.286. The summed E-state index contributed by atoms with van der Waals surface area (Å²) in [6.45, 7) is 2.31. The van der Waals surface area contributed by atoms with Gasteiger partial charge in [-0.3, -0.25) is 9.59 Å². The Labute approximate surface area is 173 Å². The molecule has 2 N–H and O–H groups in total. The minimum Gasteiger partial charge on any atom is -0.449 e. The maximum absolute atomic E-state index is 12.5. The molecule has 29 heavy (non-hydrogen) atoms. The van der Waals surface area contributed by atoms with E-state index in [-0.39, 0.29) is 17.5 Å². The molecule has 8 heteroatoms. The number of amides is 2. The van der Waals surface area contributed by atoms with Gasteiger partial charge in [0.25, 0.3) is 5.91 Å². The fourth-order valence-electron chi connectivity index (χ4n) is 3.65. The number of hydrogen-bond donors (Lipinski definition) is 2. The van der Waals surface area contributed by atoms with Crippen molar-refractivity contribution in [1.29, 1.82) is 0 Å². The molecule has 2 aliphatic rings. The molecule has 2 aromatic rings. The number of benzene rings is 2. The summed E-state index contributed by atoms with van der Waals surface area (Å²) in [5, 5.41) is 6.01. The van der Waals surface area contributed by atoms with Gasteiger partial charge in [0.05, 0.1) is 16.9 Å². The van der Waals surface area contributed by atoms with E-state index in [1.165, 1.54) is 6.92 Å². The van der Waals surface area contributed by atoms with Gasteiger partial charge in [-0.05, 0) is 56.2 Å². The second kappa shape index (κ2) is 7.75. The van der Waals surface area contributed by atoms with Crippen LogP contribution in [0.2, 0.25) is 5.02 Å². The second-order valence-corrected chi connectivity index (χ2v) is 7.56. The highest BCUT2D eigenvalue weighted by molar-refractivity contribution is 6.30. The number of carbonyl (C=O) groups is 3. The number of ether oxygens (including phenoxy) is 1. The quantitative estimate of drug-likeness (QED) is 0.749. The first-order valence-corrected chi connectivity index (χ1v) is 9.79. The third-order valence-corrected chi connectivity index (χ3v) is 5.34. The van der Waals surface area contributed by atoms with Gasteiger partial charge in [-0.15, -0.1) is 0 Å². The minimum absolute atomic E-state index is 0.0604. The Bertz CT molecular complexity index is 994. The van der Waals surface area contributed by atoms with Gasteiger partial charge in [0.15, 0.2) is 6.10 Å². The van der Waals surface area contributed by atoms with Crippen LogP contribution in [0.5, 0.6) is 0 Å².